The van der Waals surface area contributed by atoms with Crippen LogP contribution < -0.4 is 10.2 Å². The molecule has 0 saturated carbocycles. The summed E-state index contributed by atoms with van der Waals surface area (Å²) >= 11 is 0. The Bertz CT molecular complexity index is 563. The lowest BCUT2D eigenvalue weighted by Gasteiger charge is -2.37. The van der Waals surface area contributed by atoms with Crippen LogP contribution in [0.4, 0.5) is 19.1 Å². The summed E-state index contributed by atoms with van der Waals surface area (Å²) in [5, 5.41) is 3.24. The van der Waals surface area contributed by atoms with Crippen molar-refractivity contribution in [3.05, 3.63) is 18.0 Å². The zero-order valence-electron chi connectivity index (χ0n) is 13.2. The number of nitrogens with zero attached hydrogens (tertiary/aromatic N) is 4. The maximum atomic E-state index is 12.5. The van der Waals surface area contributed by atoms with Gasteiger partial charge in [-0.25, -0.2) is 9.97 Å². The molecule has 0 aliphatic carbocycles. The van der Waals surface area contributed by atoms with E-state index in [0.717, 1.165) is 38.3 Å². The molecule has 6 nitrogen and oxygen atoms in total. The Morgan fingerprint density at radius 3 is 2.21 bits per heavy atom. The Labute approximate surface area is 138 Å². The SMILES string of the molecule is O=C(C1CCNCC1)N1CCN(c2ncc(C(F)(F)F)cn2)CC1. The van der Waals surface area contributed by atoms with Crippen molar-refractivity contribution in [1.29, 1.82) is 0 Å². The highest BCUT2D eigenvalue weighted by Crippen LogP contribution is 2.28. The first kappa shape index (κ1) is 16.9. The molecule has 2 aliphatic rings. The van der Waals surface area contributed by atoms with E-state index in [4.69, 9.17) is 0 Å². The standard InChI is InChI=1S/C15H20F3N5O/c16-15(17,18)12-9-20-14(21-10-12)23-7-5-22(6-8-23)13(24)11-1-3-19-4-2-11/h9-11,19H,1-8H2. The highest BCUT2D eigenvalue weighted by molar-refractivity contribution is 5.79. The van der Waals surface area contributed by atoms with Crippen molar-refractivity contribution in [2.45, 2.75) is 19.0 Å². The molecule has 2 aliphatic heterocycles. The number of piperidine rings is 1. The summed E-state index contributed by atoms with van der Waals surface area (Å²) in [7, 11) is 0. The zero-order chi connectivity index (χ0) is 17.2. The number of carbonyl (C=O) groups excluding carboxylic acids is 1. The van der Waals surface area contributed by atoms with Crippen molar-refractivity contribution in [2.75, 3.05) is 44.2 Å². The van der Waals surface area contributed by atoms with Gasteiger partial charge in [0, 0.05) is 44.5 Å². The summed E-state index contributed by atoms with van der Waals surface area (Å²) < 4.78 is 37.6. The van der Waals surface area contributed by atoms with E-state index in [9.17, 15) is 18.0 Å². The van der Waals surface area contributed by atoms with Gasteiger partial charge < -0.3 is 15.1 Å². The van der Waals surface area contributed by atoms with Crippen LogP contribution in [0, 0.1) is 5.92 Å². The smallest absolute Gasteiger partial charge is 0.339 e. The van der Waals surface area contributed by atoms with Crippen molar-refractivity contribution in [3.8, 4) is 0 Å². The molecule has 24 heavy (non-hydrogen) atoms. The number of rotatable bonds is 2. The lowest BCUT2D eigenvalue weighted by molar-refractivity contribution is -0.138. The van der Waals surface area contributed by atoms with Crippen molar-refractivity contribution in [3.63, 3.8) is 0 Å². The number of piperazine rings is 1. The molecule has 0 atom stereocenters. The minimum atomic E-state index is -4.43. The third-order valence-electron chi connectivity index (χ3n) is 4.53. The molecule has 0 spiro atoms. The van der Waals surface area contributed by atoms with Gasteiger partial charge in [-0.3, -0.25) is 4.79 Å². The summed E-state index contributed by atoms with van der Waals surface area (Å²) in [4.78, 5) is 23.8. The lowest BCUT2D eigenvalue weighted by atomic mass is 9.96. The molecular formula is C15H20F3N5O. The van der Waals surface area contributed by atoms with Gasteiger partial charge in [0.15, 0.2) is 0 Å². The van der Waals surface area contributed by atoms with Gasteiger partial charge in [-0.1, -0.05) is 0 Å². The third-order valence-corrected chi connectivity index (χ3v) is 4.53. The van der Waals surface area contributed by atoms with E-state index in [0.29, 0.717) is 26.2 Å². The number of halogens is 3. The monoisotopic (exact) mass is 343 g/mol. The minimum absolute atomic E-state index is 0.0834. The molecule has 0 aromatic carbocycles. The normalized spacial score (nSPS) is 20.3. The topological polar surface area (TPSA) is 61.4 Å². The Hall–Kier alpha value is -1.90. The summed E-state index contributed by atoms with van der Waals surface area (Å²) in [6.07, 6.45) is -1.11. The molecule has 132 valence electrons. The maximum absolute atomic E-state index is 12.5. The highest BCUT2D eigenvalue weighted by Gasteiger charge is 2.32. The van der Waals surface area contributed by atoms with E-state index in [1.165, 1.54) is 0 Å². The van der Waals surface area contributed by atoms with E-state index >= 15 is 0 Å². The number of anilines is 1. The van der Waals surface area contributed by atoms with Crippen LogP contribution in [0.2, 0.25) is 0 Å². The molecule has 1 amide bonds. The summed E-state index contributed by atoms with van der Waals surface area (Å²) in [5.41, 5.74) is -0.856. The van der Waals surface area contributed by atoms with E-state index in [2.05, 4.69) is 15.3 Å². The second kappa shape index (κ2) is 6.92. The van der Waals surface area contributed by atoms with Crippen LogP contribution in [-0.2, 0) is 11.0 Å². The highest BCUT2D eigenvalue weighted by atomic mass is 19.4. The van der Waals surface area contributed by atoms with E-state index < -0.39 is 11.7 Å². The summed E-state index contributed by atoms with van der Waals surface area (Å²) in [5.74, 6) is 0.543. The van der Waals surface area contributed by atoms with Gasteiger partial charge in [0.25, 0.3) is 0 Å². The van der Waals surface area contributed by atoms with Crippen LogP contribution in [0.25, 0.3) is 0 Å². The Morgan fingerprint density at radius 2 is 1.67 bits per heavy atom. The summed E-state index contributed by atoms with van der Waals surface area (Å²) in [6, 6.07) is 0. The number of carbonyl (C=O) groups is 1. The number of hydrogen-bond acceptors (Lipinski definition) is 5. The molecule has 1 aromatic heterocycles. The average molecular weight is 343 g/mol. The molecular weight excluding hydrogens is 323 g/mol. The number of hydrogen-bond donors (Lipinski definition) is 1. The van der Waals surface area contributed by atoms with Crippen molar-refractivity contribution in [1.82, 2.24) is 20.2 Å². The number of alkyl halides is 3. The van der Waals surface area contributed by atoms with E-state index in [1.54, 1.807) is 0 Å². The first-order valence-corrected chi connectivity index (χ1v) is 8.09. The number of nitrogens with one attached hydrogen (secondary N) is 1. The van der Waals surface area contributed by atoms with Gasteiger partial charge in [0.1, 0.15) is 0 Å². The molecule has 0 bridgehead atoms. The Balaban J connectivity index is 1.55. The molecule has 3 rings (SSSR count). The van der Waals surface area contributed by atoms with Gasteiger partial charge in [-0.15, -0.1) is 0 Å². The van der Waals surface area contributed by atoms with Crippen LogP contribution in [0.1, 0.15) is 18.4 Å². The maximum Gasteiger partial charge on any atom is 0.419 e. The fraction of sp³-hybridized carbons (Fsp3) is 0.667. The molecule has 2 fully saturated rings. The number of amides is 1. The minimum Gasteiger partial charge on any atom is -0.339 e. The van der Waals surface area contributed by atoms with E-state index in [1.807, 2.05) is 9.80 Å². The summed E-state index contributed by atoms with van der Waals surface area (Å²) in [6.45, 7) is 3.90. The van der Waals surface area contributed by atoms with Gasteiger partial charge >= 0.3 is 6.18 Å². The molecule has 1 N–H and O–H groups in total. The fourth-order valence-electron chi connectivity index (χ4n) is 3.08. The Kier molecular flexibility index (Phi) is 4.88. The van der Waals surface area contributed by atoms with Crippen LogP contribution in [0.3, 0.4) is 0 Å². The van der Waals surface area contributed by atoms with Crippen LogP contribution in [-0.4, -0.2) is 60.0 Å². The molecule has 0 unspecified atom stereocenters. The molecule has 0 radical (unpaired) electrons. The molecule has 1 aromatic rings. The van der Waals surface area contributed by atoms with Crippen LogP contribution in [0.15, 0.2) is 12.4 Å². The van der Waals surface area contributed by atoms with Crippen molar-refractivity contribution in [2.24, 2.45) is 5.92 Å². The van der Waals surface area contributed by atoms with Gasteiger partial charge in [0.05, 0.1) is 5.56 Å². The quantitative estimate of drug-likeness (QED) is 0.873. The molecule has 2 saturated heterocycles. The van der Waals surface area contributed by atoms with Crippen LogP contribution in [0.5, 0.6) is 0 Å². The molecule has 9 heteroatoms. The van der Waals surface area contributed by atoms with Gasteiger partial charge in [0.2, 0.25) is 11.9 Å². The van der Waals surface area contributed by atoms with Crippen molar-refractivity contribution >= 4 is 11.9 Å². The second-order valence-electron chi connectivity index (χ2n) is 6.11. The molecule has 3 heterocycles. The third kappa shape index (κ3) is 3.77. The first-order chi connectivity index (χ1) is 11.4. The zero-order valence-corrected chi connectivity index (χ0v) is 13.2. The predicted molar refractivity (Wildman–Crippen MR) is 81.4 cm³/mol. The predicted octanol–water partition coefficient (Wildman–Crippen LogP) is 1.14. The lowest BCUT2D eigenvalue weighted by Crippen LogP contribution is -2.51. The largest absolute Gasteiger partial charge is 0.419 e. The van der Waals surface area contributed by atoms with Crippen LogP contribution >= 0.6 is 0 Å². The fourth-order valence-corrected chi connectivity index (χ4v) is 3.08. The first-order valence-electron chi connectivity index (χ1n) is 8.09. The Morgan fingerprint density at radius 1 is 1.08 bits per heavy atom. The second-order valence-corrected chi connectivity index (χ2v) is 6.11. The van der Waals surface area contributed by atoms with Crippen molar-refractivity contribution < 1.29 is 18.0 Å². The number of aromatic nitrogens is 2. The van der Waals surface area contributed by atoms with Gasteiger partial charge in [-0.2, -0.15) is 13.2 Å². The average Bonchev–Trinajstić information content (AvgIpc) is 2.61. The van der Waals surface area contributed by atoms with Gasteiger partial charge in [-0.05, 0) is 25.9 Å². The van der Waals surface area contributed by atoms with E-state index in [-0.39, 0.29) is 17.8 Å².